The molecule has 136 valence electrons. The molecule has 1 aromatic carbocycles. The molecule has 0 amide bonds. The van der Waals surface area contributed by atoms with Crippen LogP contribution in [0, 0.1) is 6.92 Å². The summed E-state index contributed by atoms with van der Waals surface area (Å²) in [7, 11) is 2.93. The van der Waals surface area contributed by atoms with Crippen LogP contribution in [0.1, 0.15) is 23.4 Å². The number of ether oxygens (including phenoxy) is 3. The minimum atomic E-state index is -0.616. The van der Waals surface area contributed by atoms with Gasteiger partial charge in [-0.05, 0) is 26.0 Å². The van der Waals surface area contributed by atoms with Gasteiger partial charge in [-0.25, -0.2) is 14.8 Å². The summed E-state index contributed by atoms with van der Waals surface area (Å²) in [5.74, 6) is 0.246. The van der Waals surface area contributed by atoms with Crippen LogP contribution in [0.2, 0.25) is 5.02 Å². The van der Waals surface area contributed by atoms with E-state index in [1.54, 1.807) is 26.0 Å². The van der Waals surface area contributed by atoms with Crippen molar-refractivity contribution < 1.29 is 19.0 Å². The van der Waals surface area contributed by atoms with Gasteiger partial charge in [-0.3, -0.25) is 4.57 Å². The van der Waals surface area contributed by atoms with Crippen molar-refractivity contribution in [2.24, 2.45) is 0 Å². The van der Waals surface area contributed by atoms with Crippen LogP contribution >= 0.6 is 11.6 Å². The first-order valence-electron chi connectivity index (χ1n) is 7.69. The van der Waals surface area contributed by atoms with Gasteiger partial charge in [-0.2, -0.15) is 0 Å². The predicted octanol–water partition coefficient (Wildman–Crippen LogP) is 2.37. The Morgan fingerprint density at radius 1 is 1.15 bits per heavy atom. The fraction of sp³-hybridized carbons (Fsp3) is 0.312. The van der Waals surface area contributed by atoms with Gasteiger partial charge in [0.1, 0.15) is 11.3 Å². The minimum Gasteiger partial charge on any atom is -0.477 e. The van der Waals surface area contributed by atoms with E-state index in [4.69, 9.17) is 25.8 Å². The Bertz CT molecular complexity index is 988. The summed E-state index contributed by atoms with van der Waals surface area (Å²) in [6.07, 6.45) is 0. The van der Waals surface area contributed by atoms with Gasteiger partial charge in [0.15, 0.2) is 0 Å². The highest BCUT2D eigenvalue weighted by Gasteiger charge is 2.24. The number of esters is 1. The molecular weight excluding hydrogens is 362 g/mol. The van der Waals surface area contributed by atoms with Crippen LogP contribution in [0.5, 0.6) is 11.8 Å². The van der Waals surface area contributed by atoms with E-state index in [0.717, 1.165) is 0 Å². The number of halogens is 1. The zero-order chi connectivity index (χ0) is 18.8. The molecule has 0 fully saturated rings. The van der Waals surface area contributed by atoms with Crippen LogP contribution in [-0.2, 0) is 4.74 Å². The summed E-state index contributed by atoms with van der Waals surface area (Å²) in [5.41, 5.74) is 1.32. The van der Waals surface area contributed by atoms with Gasteiger partial charge in [0.25, 0.3) is 11.8 Å². The van der Waals surface area contributed by atoms with Gasteiger partial charge in [-0.15, -0.1) is 10.2 Å². The SMILES string of the molecule is CCOC(=O)c1nnc(C)n1-c1c(Cl)ccc2nc(OC)c(OC)nc12. The number of aromatic nitrogens is 5. The number of fused-ring (bicyclic) bond motifs is 1. The predicted molar refractivity (Wildman–Crippen MR) is 93.3 cm³/mol. The maximum Gasteiger partial charge on any atom is 0.376 e. The van der Waals surface area contributed by atoms with Crippen molar-refractivity contribution >= 4 is 28.6 Å². The van der Waals surface area contributed by atoms with Crippen LogP contribution in [0.15, 0.2) is 12.1 Å². The Kier molecular flexibility index (Phi) is 4.90. The second-order valence-electron chi connectivity index (χ2n) is 5.13. The van der Waals surface area contributed by atoms with E-state index in [1.165, 1.54) is 18.8 Å². The van der Waals surface area contributed by atoms with E-state index in [-0.39, 0.29) is 24.2 Å². The zero-order valence-corrected chi connectivity index (χ0v) is 15.4. The molecule has 2 aromatic heterocycles. The summed E-state index contributed by atoms with van der Waals surface area (Å²) >= 11 is 6.42. The Morgan fingerprint density at radius 2 is 1.85 bits per heavy atom. The van der Waals surface area contributed by atoms with Crippen molar-refractivity contribution in [3.63, 3.8) is 0 Å². The molecule has 0 saturated heterocycles. The van der Waals surface area contributed by atoms with E-state index in [0.29, 0.717) is 27.6 Å². The van der Waals surface area contributed by atoms with Gasteiger partial charge in [0.05, 0.1) is 37.1 Å². The first kappa shape index (κ1) is 17.9. The van der Waals surface area contributed by atoms with Gasteiger partial charge in [0.2, 0.25) is 5.82 Å². The smallest absolute Gasteiger partial charge is 0.376 e. The third kappa shape index (κ3) is 2.90. The highest BCUT2D eigenvalue weighted by atomic mass is 35.5. The van der Waals surface area contributed by atoms with Crippen molar-refractivity contribution in [1.29, 1.82) is 0 Å². The summed E-state index contributed by atoms with van der Waals surface area (Å²) in [5, 5.41) is 8.22. The number of carbonyl (C=O) groups excluding carboxylic acids is 1. The summed E-state index contributed by atoms with van der Waals surface area (Å²) in [6, 6.07) is 3.34. The minimum absolute atomic E-state index is 0.00432. The molecule has 0 N–H and O–H groups in total. The monoisotopic (exact) mass is 377 g/mol. The Balaban J connectivity index is 2.34. The normalized spacial score (nSPS) is 10.8. The Labute approximate surface area is 153 Å². The van der Waals surface area contributed by atoms with Crippen molar-refractivity contribution in [2.75, 3.05) is 20.8 Å². The summed E-state index contributed by atoms with van der Waals surface area (Å²) in [4.78, 5) is 21.1. The molecule has 0 spiro atoms. The second kappa shape index (κ2) is 7.12. The molecule has 0 bridgehead atoms. The number of aryl methyl sites for hydroxylation is 1. The molecule has 0 unspecified atom stereocenters. The first-order valence-corrected chi connectivity index (χ1v) is 8.07. The first-order chi connectivity index (χ1) is 12.5. The number of benzene rings is 1. The van der Waals surface area contributed by atoms with Crippen molar-refractivity contribution in [3.05, 3.63) is 28.8 Å². The van der Waals surface area contributed by atoms with Crippen molar-refractivity contribution in [2.45, 2.75) is 13.8 Å². The fourth-order valence-corrected chi connectivity index (χ4v) is 2.72. The highest BCUT2D eigenvalue weighted by molar-refractivity contribution is 6.33. The lowest BCUT2D eigenvalue weighted by atomic mass is 10.2. The average molecular weight is 378 g/mol. The molecule has 0 radical (unpaired) electrons. The van der Waals surface area contributed by atoms with Crippen LogP contribution in [0.3, 0.4) is 0 Å². The molecular formula is C16H16ClN5O4. The molecule has 9 nitrogen and oxygen atoms in total. The number of carbonyl (C=O) groups is 1. The molecule has 0 saturated carbocycles. The van der Waals surface area contributed by atoms with Crippen molar-refractivity contribution in [1.82, 2.24) is 24.7 Å². The molecule has 0 aliphatic rings. The van der Waals surface area contributed by atoms with Gasteiger partial charge in [0, 0.05) is 0 Å². The Morgan fingerprint density at radius 3 is 2.50 bits per heavy atom. The summed E-state index contributed by atoms with van der Waals surface area (Å²) in [6.45, 7) is 3.61. The van der Waals surface area contributed by atoms with E-state index in [1.807, 2.05) is 0 Å². The zero-order valence-electron chi connectivity index (χ0n) is 14.6. The largest absolute Gasteiger partial charge is 0.477 e. The molecule has 3 aromatic rings. The molecule has 26 heavy (non-hydrogen) atoms. The van der Waals surface area contributed by atoms with Crippen LogP contribution in [-0.4, -0.2) is 51.5 Å². The van der Waals surface area contributed by atoms with Crippen molar-refractivity contribution in [3.8, 4) is 17.4 Å². The second-order valence-corrected chi connectivity index (χ2v) is 5.54. The molecule has 0 aliphatic heterocycles. The number of methoxy groups -OCH3 is 2. The lowest BCUT2D eigenvalue weighted by Gasteiger charge is -2.14. The summed E-state index contributed by atoms with van der Waals surface area (Å²) < 4.78 is 17.0. The maximum absolute atomic E-state index is 12.3. The third-order valence-electron chi connectivity index (χ3n) is 3.59. The molecule has 3 rings (SSSR count). The van der Waals surface area contributed by atoms with E-state index >= 15 is 0 Å². The van der Waals surface area contributed by atoms with Gasteiger partial charge < -0.3 is 14.2 Å². The maximum atomic E-state index is 12.3. The number of hydrogen-bond acceptors (Lipinski definition) is 8. The number of rotatable bonds is 5. The molecule has 0 aliphatic carbocycles. The number of hydrogen-bond donors (Lipinski definition) is 0. The lowest BCUT2D eigenvalue weighted by Crippen LogP contribution is -2.14. The van der Waals surface area contributed by atoms with Crippen LogP contribution in [0.25, 0.3) is 16.7 Å². The number of nitrogens with zero attached hydrogens (tertiary/aromatic N) is 5. The van der Waals surface area contributed by atoms with E-state index in [9.17, 15) is 4.79 Å². The van der Waals surface area contributed by atoms with Gasteiger partial charge >= 0.3 is 5.97 Å². The molecule has 10 heteroatoms. The van der Waals surface area contributed by atoms with E-state index in [2.05, 4.69) is 20.2 Å². The van der Waals surface area contributed by atoms with Gasteiger partial charge in [-0.1, -0.05) is 11.6 Å². The van der Waals surface area contributed by atoms with E-state index < -0.39 is 5.97 Å². The third-order valence-corrected chi connectivity index (χ3v) is 3.90. The highest BCUT2D eigenvalue weighted by Crippen LogP contribution is 2.33. The topological polar surface area (TPSA) is 101 Å². The lowest BCUT2D eigenvalue weighted by molar-refractivity contribution is 0.0509. The fourth-order valence-electron chi connectivity index (χ4n) is 2.49. The average Bonchev–Trinajstić information content (AvgIpc) is 3.02. The quantitative estimate of drug-likeness (QED) is 0.624. The standard InChI is InChI=1S/C16H16ClN5O4/c1-5-26-16(23)13-21-20-8(2)22(13)12-9(17)6-7-10-11(12)19-15(25-4)14(18-10)24-3/h6-7H,5H2,1-4H3. The van der Waals surface area contributed by atoms with Crippen LogP contribution < -0.4 is 9.47 Å². The molecule has 2 heterocycles. The molecule has 0 atom stereocenters. The van der Waals surface area contributed by atoms with Crippen LogP contribution in [0.4, 0.5) is 0 Å². The Hall–Kier alpha value is -2.94.